The fourth-order valence-electron chi connectivity index (χ4n) is 3.13. The molecule has 10 nitrogen and oxygen atoms in total. The maximum atomic E-state index is 12.4. The summed E-state index contributed by atoms with van der Waals surface area (Å²) in [6.45, 7) is 2.83. The van der Waals surface area contributed by atoms with Crippen LogP contribution >= 0.6 is 0 Å². The molecule has 1 aromatic carbocycles. The van der Waals surface area contributed by atoms with E-state index in [1.807, 2.05) is 0 Å². The van der Waals surface area contributed by atoms with Crippen LogP contribution in [0.4, 0.5) is 0 Å². The average molecular weight is 446 g/mol. The number of carbonyl (C=O) groups is 3. The number of hydrogen-bond acceptors (Lipinski definition) is 7. The first-order chi connectivity index (χ1) is 14.8. The molecule has 2 amide bonds. The Morgan fingerprint density at radius 3 is 2.23 bits per heavy atom. The molecule has 0 saturated carbocycles. The normalized spacial score (nSPS) is 14.4. The fraction of sp³-hybridized carbons (Fsp3) is 0.350. The number of hydrogen-bond donors (Lipinski definition) is 1. The Morgan fingerprint density at radius 2 is 1.65 bits per heavy atom. The zero-order valence-electron chi connectivity index (χ0n) is 17.0. The summed E-state index contributed by atoms with van der Waals surface area (Å²) in [7, 11) is -3.78. The number of nitrogens with zero attached hydrogens (tertiary/aromatic N) is 4. The summed E-state index contributed by atoms with van der Waals surface area (Å²) in [5, 5.41) is 0. The molecule has 0 radical (unpaired) electrons. The minimum atomic E-state index is -3.78. The predicted molar refractivity (Wildman–Crippen MR) is 111 cm³/mol. The van der Waals surface area contributed by atoms with Gasteiger partial charge in [-0.05, 0) is 19.1 Å². The first kappa shape index (κ1) is 22.5. The quantitative estimate of drug-likeness (QED) is 0.608. The van der Waals surface area contributed by atoms with Crippen LogP contribution in [-0.2, 0) is 14.8 Å². The maximum Gasteiger partial charge on any atom is 0.274 e. The molecular formula is C20H23N5O5S. The van der Waals surface area contributed by atoms with E-state index in [0.29, 0.717) is 31.7 Å². The largest absolute Gasteiger partial charge is 0.339 e. The molecule has 1 N–H and O–H groups in total. The van der Waals surface area contributed by atoms with Crippen LogP contribution < -0.4 is 4.72 Å². The molecule has 164 valence electrons. The first-order valence-electron chi connectivity index (χ1n) is 9.71. The lowest BCUT2D eigenvalue weighted by Crippen LogP contribution is -2.51. The predicted octanol–water partition coefficient (Wildman–Crippen LogP) is 0.332. The highest BCUT2D eigenvalue weighted by Crippen LogP contribution is 2.12. The Kier molecular flexibility index (Phi) is 7.08. The lowest BCUT2D eigenvalue weighted by molar-refractivity contribution is -0.132. The van der Waals surface area contributed by atoms with Gasteiger partial charge < -0.3 is 9.80 Å². The second kappa shape index (κ2) is 9.75. The number of amides is 2. The van der Waals surface area contributed by atoms with Crippen molar-refractivity contribution in [1.82, 2.24) is 24.5 Å². The number of ketones is 1. The van der Waals surface area contributed by atoms with Gasteiger partial charge in [0.15, 0.2) is 5.78 Å². The van der Waals surface area contributed by atoms with Gasteiger partial charge >= 0.3 is 0 Å². The topological polar surface area (TPSA) is 130 Å². The summed E-state index contributed by atoms with van der Waals surface area (Å²) < 4.78 is 27.1. The van der Waals surface area contributed by atoms with Gasteiger partial charge in [-0.25, -0.2) is 18.1 Å². The lowest BCUT2D eigenvalue weighted by atomic mass is 10.2. The average Bonchev–Trinajstić information content (AvgIpc) is 2.79. The zero-order valence-corrected chi connectivity index (χ0v) is 17.8. The molecule has 2 aromatic rings. The standard InChI is InChI=1S/C20H23N5O5S/c1-15(26)16-2-4-17(5-3-16)31(29,30)23-7-6-19(27)24-10-12-25(13-11-24)20(28)18-14-21-8-9-22-18/h2-5,8-9,14,23H,6-7,10-13H2,1H3. The van der Waals surface area contributed by atoms with Gasteiger partial charge in [0, 0.05) is 57.1 Å². The van der Waals surface area contributed by atoms with Gasteiger partial charge in [0.1, 0.15) is 5.69 Å². The Hall–Kier alpha value is -3.18. The zero-order chi connectivity index (χ0) is 22.4. The van der Waals surface area contributed by atoms with Gasteiger partial charge in [0.25, 0.3) is 5.91 Å². The molecule has 3 rings (SSSR count). The minimum Gasteiger partial charge on any atom is -0.339 e. The van der Waals surface area contributed by atoms with Crippen LogP contribution in [0.3, 0.4) is 0 Å². The highest BCUT2D eigenvalue weighted by Gasteiger charge is 2.25. The summed E-state index contributed by atoms with van der Waals surface area (Å²) in [6, 6.07) is 5.61. The van der Waals surface area contributed by atoms with E-state index in [2.05, 4.69) is 14.7 Å². The summed E-state index contributed by atoms with van der Waals surface area (Å²) in [6.07, 6.45) is 4.34. The SMILES string of the molecule is CC(=O)c1ccc(S(=O)(=O)NCCC(=O)N2CCN(C(=O)c3cnccn3)CC2)cc1. The molecule has 1 aliphatic heterocycles. The van der Waals surface area contributed by atoms with Gasteiger partial charge in [-0.2, -0.15) is 0 Å². The molecule has 1 aromatic heterocycles. The van der Waals surface area contributed by atoms with E-state index in [4.69, 9.17) is 0 Å². The minimum absolute atomic E-state index is 0.00284. The van der Waals surface area contributed by atoms with Crippen molar-refractivity contribution in [2.45, 2.75) is 18.2 Å². The monoisotopic (exact) mass is 445 g/mol. The van der Waals surface area contributed by atoms with Crippen molar-refractivity contribution >= 4 is 27.6 Å². The van der Waals surface area contributed by atoms with Crippen molar-refractivity contribution in [2.75, 3.05) is 32.7 Å². The molecule has 11 heteroatoms. The van der Waals surface area contributed by atoms with E-state index in [-0.39, 0.29) is 41.2 Å². The summed E-state index contributed by atoms with van der Waals surface area (Å²) in [5.74, 6) is -0.578. The van der Waals surface area contributed by atoms with Gasteiger partial charge in [-0.3, -0.25) is 19.4 Å². The van der Waals surface area contributed by atoms with Gasteiger partial charge in [0.2, 0.25) is 15.9 Å². The number of piperazine rings is 1. The van der Waals surface area contributed by atoms with Gasteiger partial charge in [0.05, 0.1) is 11.1 Å². The van der Waals surface area contributed by atoms with Crippen LogP contribution in [-0.4, -0.2) is 78.5 Å². The van der Waals surface area contributed by atoms with Crippen LogP contribution in [0.1, 0.15) is 34.2 Å². The Morgan fingerprint density at radius 1 is 1.00 bits per heavy atom. The second-order valence-corrected chi connectivity index (χ2v) is 8.76. The van der Waals surface area contributed by atoms with Crippen LogP contribution in [0.15, 0.2) is 47.8 Å². The molecule has 0 bridgehead atoms. The molecule has 1 saturated heterocycles. The molecule has 0 spiro atoms. The van der Waals surface area contributed by atoms with Gasteiger partial charge in [-0.15, -0.1) is 0 Å². The molecular weight excluding hydrogens is 422 g/mol. The third-order valence-electron chi connectivity index (χ3n) is 4.90. The summed E-state index contributed by atoms with van der Waals surface area (Å²) in [5.41, 5.74) is 0.680. The van der Waals surface area contributed by atoms with E-state index in [9.17, 15) is 22.8 Å². The van der Waals surface area contributed by atoms with Crippen molar-refractivity contribution in [3.8, 4) is 0 Å². The Balaban J connectivity index is 1.46. The van der Waals surface area contributed by atoms with Crippen molar-refractivity contribution < 1.29 is 22.8 Å². The number of Topliss-reactive ketones (excluding diaryl/α,β-unsaturated/α-hetero) is 1. The molecule has 0 atom stereocenters. The third-order valence-corrected chi connectivity index (χ3v) is 6.38. The van der Waals surface area contributed by atoms with Crippen LogP contribution in [0, 0.1) is 0 Å². The van der Waals surface area contributed by atoms with E-state index in [1.165, 1.54) is 49.8 Å². The highest BCUT2D eigenvalue weighted by molar-refractivity contribution is 7.89. The van der Waals surface area contributed by atoms with Crippen molar-refractivity contribution in [2.24, 2.45) is 0 Å². The number of rotatable bonds is 7. The number of nitrogens with one attached hydrogen (secondary N) is 1. The van der Waals surface area contributed by atoms with E-state index < -0.39 is 10.0 Å². The third kappa shape index (κ3) is 5.70. The van der Waals surface area contributed by atoms with Crippen molar-refractivity contribution in [3.05, 3.63) is 54.1 Å². The Bertz CT molecular complexity index is 1050. The summed E-state index contributed by atoms with van der Waals surface area (Å²) in [4.78, 5) is 47.2. The molecule has 31 heavy (non-hydrogen) atoms. The van der Waals surface area contributed by atoms with E-state index in [1.54, 1.807) is 9.80 Å². The smallest absolute Gasteiger partial charge is 0.274 e. The summed E-state index contributed by atoms with van der Waals surface area (Å²) >= 11 is 0. The van der Waals surface area contributed by atoms with Crippen LogP contribution in [0.25, 0.3) is 0 Å². The Labute approximate surface area is 180 Å². The molecule has 1 aliphatic rings. The lowest BCUT2D eigenvalue weighted by Gasteiger charge is -2.34. The molecule has 0 aliphatic carbocycles. The highest BCUT2D eigenvalue weighted by atomic mass is 32.2. The number of sulfonamides is 1. The van der Waals surface area contributed by atoms with E-state index in [0.717, 1.165) is 0 Å². The number of benzene rings is 1. The maximum absolute atomic E-state index is 12.4. The number of aromatic nitrogens is 2. The van der Waals surface area contributed by atoms with Gasteiger partial charge in [-0.1, -0.05) is 12.1 Å². The molecule has 1 fully saturated rings. The van der Waals surface area contributed by atoms with Crippen molar-refractivity contribution in [3.63, 3.8) is 0 Å². The van der Waals surface area contributed by atoms with Crippen LogP contribution in [0.2, 0.25) is 0 Å². The second-order valence-electron chi connectivity index (χ2n) is 6.99. The first-order valence-corrected chi connectivity index (χ1v) is 11.2. The van der Waals surface area contributed by atoms with Crippen molar-refractivity contribution in [1.29, 1.82) is 0 Å². The molecule has 2 heterocycles. The molecule has 0 unspecified atom stereocenters. The van der Waals surface area contributed by atoms with E-state index >= 15 is 0 Å². The fourth-order valence-corrected chi connectivity index (χ4v) is 4.16. The van der Waals surface area contributed by atoms with Crippen LogP contribution in [0.5, 0.6) is 0 Å². The number of carbonyl (C=O) groups excluding carboxylic acids is 3.